The summed E-state index contributed by atoms with van der Waals surface area (Å²) in [5, 5.41) is 0. The number of rotatable bonds is 18. The monoisotopic (exact) mass is 402 g/mol. The van der Waals surface area contributed by atoms with Crippen LogP contribution in [-0.4, -0.2) is 5.97 Å². The van der Waals surface area contributed by atoms with Crippen molar-refractivity contribution >= 4 is 5.97 Å². The largest absolute Gasteiger partial charge is 0.426 e. The normalized spacial score (nSPS) is 11.2. The molecule has 0 heterocycles. The van der Waals surface area contributed by atoms with Crippen LogP contribution in [0.25, 0.3) is 0 Å². The van der Waals surface area contributed by atoms with E-state index in [2.05, 4.69) is 13.8 Å². The van der Waals surface area contributed by atoms with Crippen LogP contribution in [0, 0.1) is 12.8 Å². The maximum atomic E-state index is 12.9. The summed E-state index contributed by atoms with van der Waals surface area (Å²) in [5.74, 6) is 0.763. The maximum Gasteiger partial charge on any atom is 0.314 e. The second-order valence-electron chi connectivity index (χ2n) is 8.70. The topological polar surface area (TPSA) is 26.3 Å². The van der Waals surface area contributed by atoms with Gasteiger partial charge in [0.15, 0.2) is 0 Å². The van der Waals surface area contributed by atoms with Crippen molar-refractivity contribution in [1.82, 2.24) is 0 Å². The molecule has 0 aliphatic carbocycles. The number of carbonyl (C=O) groups is 1. The number of esters is 1. The fourth-order valence-electron chi connectivity index (χ4n) is 3.94. The van der Waals surface area contributed by atoms with Crippen LogP contribution in [0.1, 0.15) is 122 Å². The molecule has 0 atom stereocenters. The molecule has 0 saturated carbocycles. The van der Waals surface area contributed by atoms with Crippen LogP contribution in [0.5, 0.6) is 5.75 Å². The summed E-state index contributed by atoms with van der Waals surface area (Å²) < 4.78 is 5.79. The van der Waals surface area contributed by atoms with Gasteiger partial charge in [-0.2, -0.15) is 0 Å². The Kier molecular flexibility index (Phi) is 15.6. The van der Waals surface area contributed by atoms with Crippen LogP contribution in [0.2, 0.25) is 0 Å². The smallest absolute Gasteiger partial charge is 0.314 e. The van der Waals surface area contributed by atoms with Crippen LogP contribution < -0.4 is 4.74 Å². The van der Waals surface area contributed by atoms with Crippen molar-refractivity contribution in [2.24, 2.45) is 5.92 Å². The minimum absolute atomic E-state index is 0.0173. The van der Waals surface area contributed by atoms with E-state index in [4.69, 9.17) is 4.74 Å². The molecule has 0 amide bonds. The number of para-hydroxylation sites is 1. The van der Waals surface area contributed by atoms with Gasteiger partial charge in [-0.25, -0.2) is 0 Å². The van der Waals surface area contributed by atoms with Gasteiger partial charge in [0.1, 0.15) is 5.75 Å². The predicted octanol–water partition coefficient (Wildman–Crippen LogP) is 8.80. The lowest BCUT2D eigenvalue weighted by Gasteiger charge is -2.17. The summed E-state index contributed by atoms with van der Waals surface area (Å²) in [6.45, 7) is 6.52. The van der Waals surface area contributed by atoms with E-state index < -0.39 is 0 Å². The van der Waals surface area contributed by atoms with Crippen molar-refractivity contribution in [3.8, 4) is 5.75 Å². The molecule has 2 nitrogen and oxygen atoms in total. The van der Waals surface area contributed by atoms with Gasteiger partial charge in [-0.15, -0.1) is 0 Å². The number of hydrogen-bond acceptors (Lipinski definition) is 2. The zero-order valence-electron chi connectivity index (χ0n) is 19.5. The fourth-order valence-corrected chi connectivity index (χ4v) is 3.94. The van der Waals surface area contributed by atoms with Crippen LogP contribution in [0.3, 0.4) is 0 Å². The molecule has 1 rings (SSSR count). The van der Waals surface area contributed by atoms with E-state index in [1.807, 2.05) is 31.2 Å². The third-order valence-electron chi connectivity index (χ3n) is 5.95. The minimum Gasteiger partial charge on any atom is -0.426 e. The molecule has 0 spiro atoms. The molecular weight excluding hydrogens is 356 g/mol. The molecule has 0 aliphatic heterocycles. The Morgan fingerprint density at radius 3 is 1.66 bits per heavy atom. The average molecular weight is 403 g/mol. The Labute approximate surface area is 180 Å². The second-order valence-corrected chi connectivity index (χ2v) is 8.70. The van der Waals surface area contributed by atoms with E-state index in [0.29, 0.717) is 0 Å². The first-order chi connectivity index (χ1) is 14.2. The molecule has 0 saturated heterocycles. The van der Waals surface area contributed by atoms with E-state index in [-0.39, 0.29) is 11.9 Å². The highest BCUT2D eigenvalue weighted by Gasteiger charge is 2.20. The predicted molar refractivity (Wildman–Crippen MR) is 126 cm³/mol. The molecule has 0 N–H and O–H groups in total. The van der Waals surface area contributed by atoms with Crippen molar-refractivity contribution in [1.29, 1.82) is 0 Å². The van der Waals surface area contributed by atoms with Gasteiger partial charge in [-0.1, -0.05) is 122 Å². The van der Waals surface area contributed by atoms with Gasteiger partial charge in [0.2, 0.25) is 0 Å². The molecule has 1 aromatic rings. The van der Waals surface area contributed by atoms with Crippen molar-refractivity contribution in [3.05, 3.63) is 29.8 Å². The molecule has 166 valence electrons. The summed E-state index contributed by atoms with van der Waals surface area (Å²) >= 11 is 0. The molecule has 0 bridgehead atoms. The van der Waals surface area contributed by atoms with Gasteiger partial charge < -0.3 is 4.74 Å². The Balaban J connectivity index is 2.40. The first-order valence-electron chi connectivity index (χ1n) is 12.5. The fraction of sp³-hybridized carbons (Fsp3) is 0.741. The molecule has 2 heteroatoms. The van der Waals surface area contributed by atoms with Gasteiger partial charge in [-0.05, 0) is 31.4 Å². The molecule has 0 unspecified atom stereocenters. The number of benzene rings is 1. The first kappa shape index (κ1) is 25.7. The summed E-state index contributed by atoms with van der Waals surface area (Å²) in [4.78, 5) is 12.9. The van der Waals surface area contributed by atoms with E-state index in [1.165, 1.54) is 77.0 Å². The maximum absolute atomic E-state index is 12.9. The van der Waals surface area contributed by atoms with Gasteiger partial charge in [0.05, 0.1) is 5.92 Å². The molecule has 0 aromatic heterocycles. The second kappa shape index (κ2) is 17.5. The van der Waals surface area contributed by atoms with Crippen molar-refractivity contribution in [2.75, 3.05) is 0 Å². The number of aryl methyl sites for hydroxylation is 1. The molecule has 0 aliphatic rings. The number of carbonyl (C=O) groups excluding carboxylic acids is 1. The minimum atomic E-state index is -0.0173. The van der Waals surface area contributed by atoms with Crippen LogP contribution in [0.15, 0.2) is 24.3 Å². The van der Waals surface area contributed by atoms with Crippen molar-refractivity contribution in [3.63, 3.8) is 0 Å². The number of ether oxygens (including phenoxy) is 1. The van der Waals surface area contributed by atoms with E-state index in [0.717, 1.165) is 37.0 Å². The molecule has 0 radical (unpaired) electrons. The SMILES string of the molecule is CCCCCCCCCC(CCCCCCCCC)C(=O)Oc1ccccc1C. The third kappa shape index (κ3) is 12.8. The summed E-state index contributed by atoms with van der Waals surface area (Å²) in [7, 11) is 0. The summed E-state index contributed by atoms with van der Waals surface area (Å²) in [5.41, 5.74) is 1.03. The van der Waals surface area contributed by atoms with E-state index in [1.54, 1.807) is 0 Å². The Bertz CT molecular complexity index is 505. The zero-order chi connectivity index (χ0) is 21.2. The van der Waals surface area contributed by atoms with Gasteiger partial charge in [0, 0.05) is 0 Å². The molecular formula is C27H46O2. The third-order valence-corrected chi connectivity index (χ3v) is 5.95. The molecule has 0 fully saturated rings. The quantitative estimate of drug-likeness (QED) is 0.139. The first-order valence-corrected chi connectivity index (χ1v) is 12.5. The lowest BCUT2D eigenvalue weighted by molar-refractivity contribution is -0.139. The van der Waals surface area contributed by atoms with Crippen molar-refractivity contribution < 1.29 is 9.53 Å². The van der Waals surface area contributed by atoms with E-state index >= 15 is 0 Å². The average Bonchev–Trinajstić information content (AvgIpc) is 2.72. The summed E-state index contributed by atoms with van der Waals surface area (Å²) in [6.07, 6.45) is 20.0. The van der Waals surface area contributed by atoms with Gasteiger partial charge >= 0.3 is 5.97 Å². The lowest BCUT2D eigenvalue weighted by Crippen LogP contribution is -2.21. The highest BCUT2D eigenvalue weighted by Crippen LogP contribution is 2.24. The Morgan fingerprint density at radius 1 is 0.724 bits per heavy atom. The molecule has 1 aromatic carbocycles. The Hall–Kier alpha value is -1.31. The zero-order valence-corrected chi connectivity index (χ0v) is 19.5. The highest BCUT2D eigenvalue weighted by atomic mass is 16.5. The lowest BCUT2D eigenvalue weighted by atomic mass is 9.94. The van der Waals surface area contributed by atoms with Gasteiger partial charge in [-0.3, -0.25) is 4.79 Å². The van der Waals surface area contributed by atoms with E-state index in [9.17, 15) is 4.79 Å². The number of hydrogen-bond donors (Lipinski definition) is 0. The van der Waals surface area contributed by atoms with Crippen LogP contribution in [-0.2, 0) is 4.79 Å². The summed E-state index contributed by atoms with van der Waals surface area (Å²) in [6, 6.07) is 7.84. The van der Waals surface area contributed by atoms with Crippen LogP contribution in [0.4, 0.5) is 0 Å². The van der Waals surface area contributed by atoms with Crippen LogP contribution >= 0.6 is 0 Å². The molecule has 29 heavy (non-hydrogen) atoms. The van der Waals surface area contributed by atoms with Crippen molar-refractivity contribution in [2.45, 2.75) is 124 Å². The Morgan fingerprint density at radius 2 is 1.17 bits per heavy atom. The standard InChI is InChI=1S/C27H46O2/c1-4-6-8-10-12-14-16-21-25(22-17-15-13-11-9-7-5-2)27(28)29-26-23-19-18-20-24(26)3/h18-20,23,25H,4-17,21-22H2,1-3H3. The number of unbranched alkanes of at least 4 members (excludes halogenated alkanes) is 12. The van der Waals surface area contributed by atoms with Gasteiger partial charge in [0.25, 0.3) is 0 Å². The highest BCUT2D eigenvalue weighted by molar-refractivity contribution is 5.75.